The molecule has 0 bridgehead atoms. The molecule has 0 radical (unpaired) electrons. The third-order valence-corrected chi connectivity index (χ3v) is 7.08. The van der Waals surface area contributed by atoms with E-state index in [9.17, 15) is 14.0 Å². The summed E-state index contributed by atoms with van der Waals surface area (Å²) in [6.45, 7) is 0.331. The van der Waals surface area contributed by atoms with Crippen molar-refractivity contribution in [3.63, 3.8) is 0 Å². The molecular formula is C26H19BrClFN4O2. The highest BCUT2D eigenvalue weighted by Gasteiger charge is 2.37. The number of amides is 1. The van der Waals surface area contributed by atoms with E-state index in [0.717, 1.165) is 21.2 Å². The molecule has 2 heterocycles. The van der Waals surface area contributed by atoms with Crippen LogP contribution >= 0.6 is 27.5 Å². The van der Waals surface area contributed by atoms with E-state index in [1.54, 1.807) is 6.07 Å². The maximum atomic E-state index is 14.5. The Morgan fingerprint density at radius 3 is 2.63 bits per heavy atom. The summed E-state index contributed by atoms with van der Waals surface area (Å²) < 4.78 is 16.5. The van der Waals surface area contributed by atoms with Gasteiger partial charge in [0.05, 0.1) is 11.2 Å². The minimum absolute atomic E-state index is 0.0142. The Morgan fingerprint density at radius 2 is 1.83 bits per heavy atom. The third-order valence-electron chi connectivity index (χ3n) is 6.04. The van der Waals surface area contributed by atoms with Gasteiger partial charge in [0.1, 0.15) is 11.7 Å². The van der Waals surface area contributed by atoms with Crippen molar-refractivity contribution in [3.8, 4) is 5.69 Å². The first-order valence-corrected chi connectivity index (χ1v) is 12.1. The largest absolute Gasteiger partial charge is 0.323 e. The summed E-state index contributed by atoms with van der Waals surface area (Å²) in [6.07, 6.45) is 2.11. The molecule has 1 aromatic heterocycles. The molecule has 1 atom stereocenters. The minimum atomic E-state index is -0.781. The zero-order valence-electron chi connectivity index (χ0n) is 18.4. The van der Waals surface area contributed by atoms with E-state index in [1.807, 2.05) is 48.5 Å². The van der Waals surface area contributed by atoms with Crippen LogP contribution in [0.1, 0.15) is 33.2 Å². The predicted octanol–water partition coefficient (Wildman–Crippen LogP) is 5.37. The number of hydrogen-bond donors (Lipinski definition) is 0. The molecule has 9 heteroatoms. The average molecular weight is 554 g/mol. The highest BCUT2D eigenvalue weighted by molar-refractivity contribution is 9.10. The monoisotopic (exact) mass is 552 g/mol. The Morgan fingerprint density at radius 1 is 1.06 bits per heavy atom. The summed E-state index contributed by atoms with van der Waals surface area (Å²) >= 11 is 9.47. The topological polar surface area (TPSA) is 68.1 Å². The lowest BCUT2D eigenvalue weighted by atomic mass is 9.88. The van der Waals surface area contributed by atoms with Crippen LogP contribution < -0.4 is 0 Å². The van der Waals surface area contributed by atoms with Gasteiger partial charge in [-0.25, -0.2) is 9.07 Å². The Labute approximate surface area is 214 Å². The molecule has 0 saturated heterocycles. The van der Waals surface area contributed by atoms with Gasteiger partial charge in [-0.3, -0.25) is 9.59 Å². The normalized spacial score (nSPS) is 15.1. The number of aromatic nitrogens is 3. The summed E-state index contributed by atoms with van der Waals surface area (Å²) in [7, 11) is 0. The van der Waals surface area contributed by atoms with Crippen LogP contribution in [-0.4, -0.2) is 38.1 Å². The van der Waals surface area contributed by atoms with E-state index in [2.05, 4.69) is 26.2 Å². The summed E-state index contributed by atoms with van der Waals surface area (Å²) in [6, 6.07) is 18.8. The maximum Gasteiger partial charge on any atom is 0.276 e. The molecule has 1 amide bonds. The average Bonchev–Trinajstić information content (AvgIpc) is 3.35. The Kier molecular flexibility index (Phi) is 6.49. The van der Waals surface area contributed by atoms with E-state index in [4.69, 9.17) is 11.6 Å². The van der Waals surface area contributed by atoms with Gasteiger partial charge in [-0.05, 0) is 41.3 Å². The third kappa shape index (κ3) is 4.51. The minimum Gasteiger partial charge on any atom is -0.323 e. The number of benzene rings is 3. The molecule has 3 aromatic carbocycles. The fourth-order valence-electron chi connectivity index (χ4n) is 4.38. The van der Waals surface area contributed by atoms with Gasteiger partial charge in [-0.2, -0.15) is 0 Å². The molecule has 0 fully saturated rings. The van der Waals surface area contributed by atoms with E-state index in [-0.39, 0.29) is 28.6 Å². The number of halogens is 3. The van der Waals surface area contributed by atoms with Gasteiger partial charge in [0.2, 0.25) is 0 Å². The fourth-order valence-corrected chi connectivity index (χ4v) is 5.13. The standard InChI is InChI=1S/C26H19BrClFN4O2/c27-19-9-4-8-18-17(19)12-13-32(25(18)23(34)14-16-6-2-1-3-7-16)26(35)21-15-33(31-30-21)22-11-5-10-20(28)24(22)29/h1-11,15,25H,12-14H2. The smallest absolute Gasteiger partial charge is 0.276 e. The number of nitrogens with zero attached hydrogens (tertiary/aromatic N) is 4. The molecule has 1 aliphatic heterocycles. The first-order chi connectivity index (χ1) is 16.9. The van der Waals surface area contributed by atoms with Crippen molar-refractivity contribution in [1.29, 1.82) is 0 Å². The highest BCUT2D eigenvalue weighted by Crippen LogP contribution is 2.36. The number of carbonyl (C=O) groups excluding carboxylic acids is 2. The lowest BCUT2D eigenvalue weighted by Crippen LogP contribution is -2.44. The second-order valence-corrected chi connectivity index (χ2v) is 9.47. The zero-order chi connectivity index (χ0) is 24.5. The summed E-state index contributed by atoms with van der Waals surface area (Å²) in [5, 5.41) is 7.85. The van der Waals surface area contributed by atoms with Gasteiger partial charge < -0.3 is 4.90 Å². The second kappa shape index (κ2) is 9.71. The Bertz CT molecular complexity index is 1430. The molecule has 0 saturated carbocycles. The number of rotatable bonds is 5. The van der Waals surface area contributed by atoms with Gasteiger partial charge in [0, 0.05) is 17.4 Å². The van der Waals surface area contributed by atoms with Gasteiger partial charge in [-0.15, -0.1) is 5.10 Å². The van der Waals surface area contributed by atoms with Crippen molar-refractivity contribution in [1.82, 2.24) is 19.9 Å². The quantitative estimate of drug-likeness (QED) is 0.333. The zero-order valence-corrected chi connectivity index (χ0v) is 20.7. The van der Waals surface area contributed by atoms with Crippen molar-refractivity contribution >= 4 is 39.2 Å². The molecule has 5 rings (SSSR count). The second-order valence-electron chi connectivity index (χ2n) is 8.21. The molecule has 176 valence electrons. The van der Waals surface area contributed by atoms with Gasteiger partial charge in [0.15, 0.2) is 17.3 Å². The number of fused-ring (bicyclic) bond motifs is 1. The van der Waals surface area contributed by atoms with E-state index >= 15 is 0 Å². The molecule has 0 N–H and O–H groups in total. The molecule has 1 unspecified atom stereocenters. The van der Waals surface area contributed by atoms with Gasteiger partial charge in [-0.1, -0.05) is 81.3 Å². The summed E-state index contributed by atoms with van der Waals surface area (Å²) in [4.78, 5) is 28.7. The van der Waals surface area contributed by atoms with Crippen LogP contribution in [0.2, 0.25) is 5.02 Å². The SMILES string of the molecule is O=C(Cc1ccccc1)C1c2cccc(Br)c2CCN1C(=O)c1cn(-c2cccc(Cl)c2F)nn1. The lowest BCUT2D eigenvalue weighted by Gasteiger charge is -2.36. The van der Waals surface area contributed by atoms with Crippen LogP contribution in [0.15, 0.2) is 77.4 Å². The molecule has 1 aliphatic rings. The van der Waals surface area contributed by atoms with Crippen molar-refractivity contribution in [2.75, 3.05) is 6.54 Å². The molecule has 0 spiro atoms. The Balaban J connectivity index is 1.50. The van der Waals surface area contributed by atoms with Crippen LogP contribution in [0.3, 0.4) is 0 Å². The van der Waals surface area contributed by atoms with Crippen molar-refractivity contribution < 1.29 is 14.0 Å². The van der Waals surface area contributed by atoms with E-state index < -0.39 is 17.8 Å². The van der Waals surface area contributed by atoms with Crippen LogP contribution in [-0.2, 0) is 17.6 Å². The fraction of sp³-hybridized carbons (Fsp3) is 0.154. The van der Waals surface area contributed by atoms with Crippen LogP contribution in [0.5, 0.6) is 0 Å². The van der Waals surface area contributed by atoms with Crippen molar-refractivity contribution in [2.45, 2.75) is 18.9 Å². The number of carbonyl (C=O) groups is 2. The summed E-state index contributed by atoms with van der Waals surface area (Å²) in [5.41, 5.74) is 2.75. The van der Waals surface area contributed by atoms with Crippen molar-refractivity contribution in [2.24, 2.45) is 0 Å². The highest BCUT2D eigenvalue weighted by atomic mass is 79.9. The number of Topliss-reactive ketones (excluding diaryl/α,β-unsaturated/α-hetero) is 1. The van der Waals surface area contributed by atoms with E-state index in [0.29, 0.717) is 13.0 Å². The molecule has 35 heavy (non-hydrogen) atoms. The Hall–Kier alpha value is -3.36. The first-order valence-electron chi connectivity index (χ1n) is 11.0. The predicted molar refractivity (Wildman–Crippen MR) is 133 cm³/mol. The van der Waals surface area contributed by atoms with Crippen LogP contribution in [0.4, 0.5) is 4.39 Å². The number of ketones is 1. The first kappa shape index (κ1) is 23.4. The van der Waals surface area contributed by atoms with Gasteiger partial charge >= 0.3 is 0 Å². The molecule has 4 aromatic rings. The van der Waals surface area contributed by atoms with Crippen LogP contribution in [0.25, 0.3) is 5.69 Å². The van der Waals surface area contributed by atoms with Crippen LogP contribution in [0, 0.1) is 5.82 Å². The summed E-state index contributed by atoms with van der Waals surface area (Å²) in [5.74, 6) is -1.21. The lowest BCUT2D eigenvalue weighted by molar-refractivity contribution is -0.123. The van der Waals surface area contributed by atoms with Crippen molar-refractivity contribution in [3.05, 3.63) is 111 Å². The molecule has 6 nitrogen and oxygen atoms in total. The number of hydrogen-bond acceptors (Lipinski definition) is 4. The maximum absolute atomic E-state index is 14.5. The van der Waals surface area contributed by atoms with Gasteiger partial charge in [0.25, 0.3) is 5.91 Å². The molecule has 0 aliphatic carbocycles. The van der Waals surface area contributed by atoms with E-state index in [1.165, 1.54) is 27.9 Å². The molecular weight excluding hydrogens is 535 g/mol.